The third kappa shape index (κ3) is 7.38. The zero-order chi connectivity index (χ0) is 17.7. The molecule has 0 aliphatic heterocycles. The molecule has 4 nitrogen and oxygen atoms in total. The van der Waals surface area contributed by atoms with Gasteiger partial charge in [0.25, 0.3) is 0 Å². The summed E-state index contributed by atoms with van der Waals surface area (Å²) in [5.74, 6) is 1.88. The molecule has 0 aliphatic carbocycles. The van der Waals surface area contributed by atoms with Crippen molar-refractivity contribution in [1.29, 1.82) is 0 Å². The van der Waals surface area contributed by atoms with Crippen LogP contribution >= 0.6 is 0 Å². The zero-order valence-electron chi connectivity index (χ0n) is 15.4. The van der Waals surface area contributed by atoms with Crippen LogP contribution in [0.4, 0.5) is 11.4 Å². The monoisotopic (exact) mass is 342 g/mol. The maximum absolute atomic E-state index is 5.75. The van der Waals surface area contributed by atoms with Crippen LogP contribution in [-0.4, -0.2) is 27.3 Å². The first-order chi connectivity index (χ1) is 12.3. The van der Waals surface area contributed by atoms with Crippen LogP contribution in [0.2, 0.25) is 0 Å². The van der Waals surface area contributed by atoms with Gasteiger partial charge in [0, 0.05) is 25.5 Å². The lowest BCUT2D eigenvalue weighted by molar-refractivity contribution is 0.293. The van der Waals surface area contributed by atoms with Crippen LogP contribution < -0.4 is 20.1 Å². The van der Waals surface area contributed by atoms with Crippen LogP contribution in [0.5, 0.6) is 11.5 Å². The van der Waals surface area contributed by atoms with Gasteiger partial charge < -0.3 is 20.1 Å². The average Bonchev–Trinajstić information content (AvgIpc) is 2.67. The summed E-state index contributed by atoms with van der Waals surface area (Å²) in [6.45, 7) is 1.57. The third-order valence-electron chi connectivity index (χ3n) is 4.11. The molecule has 0 unspecified atom stereocenters. The molecule has 0 fully saturated rings. The first kappa shape index (κ1) is 19.0. The van der Waals surface area contributed by atoms with E-state index in [1.807, 2.05) is 62.6 Å². The molecule has 0 heterocycles. The van der Waals surface area contributed by atoms with Crippen molar-refractivity contribution in [3.8, 4) is 11.5 Å². The summed E-state index contributed by atoms with van der Waals surface area (Å²) in [4.78, 5) is 0. The summed E-state index contributed by atoms with van der Waals surface area (Å²) >= 11 is 0. The van der Waals surface area contributed by atoms with Crippen LogP contribution in [-0.2, 0) is 0 Å². The number of nitrogens with one attached hydrogen (secondary N) is 2. The van der Waals surface area contributed by atoms with Gasteiger partial charge in [-0.1, -0.05) is 19.3 Å². The van der Waals surface area contributed by atoms with Gasteiger partial charge in [-0.15, -0.1) is 0 Å². The summed E-state index contributed by atoms with van der Waals surface area (Å²) in [6.07, 6.45) is 5.82. The second-order valence-corrected chi connectivity index (χ2v) is 6.01. The van der Waals surface area contributed by atoms with E-state index in [1.54, 1.807) is 0 Å². The number of hydrogen-bond acceptors (Lipinski definition) is 4. The molecule has 0 amide bonds. The van der Waals surface area contributed by atoms with E-state index in [1.165, 1.54) is 19.3 Å². The molecule has 0 saturated heterocycles. The summed E-state index contributed by atoms with van der Waals surface area (Å²) < 4.78 is 11.5. The van der Waals surface area contributed by atoms with E-state index in [2.05, 4.69) is 10.6 Å². The fourth-order valence-corrected chi connectivity index (χ4v) is 2.55. The van der Waals surface area contributed by atoms with Gasteiger partial charge in [-0.3, -0.25) is 0 Å². The Morgan fingerprint density at radius 3 is 1.28 bits per heavy atom. The van der Waals surface area contributed by atoms with E-state index in [9.17, 15) is 0 Å². The maximum Gasteiger partial charge on any atom is 0.119 e. The number of anilines is 2. The molecule has 2 rings (SSSR count). The molecule has 0 saturated carbocycles. The Bertz CT molecular complexity index is 528. The molecule has 136 valence electrons. The average molecular weight is 342 g/mol. The molecule has 2 aromatic rings. The van der Waals surface area contributed by atoms with Crippen LogP contribution in [0.1, 0.15) is 32.1 Å². The van der Waals surface area contributed by atoms with Crippen molar-refractivity contribution >= 4 is 11.4 Å². The number of benzene rings is 2. The van der Waals surface area contributed by atoms with Crippen LogP contribution in [0.25, 0.3) is 0 Å². The van der Waals surface area contributed by atoms with Gasteiger partial charge in [0.15, 0.2) is 0 Å². The van der Waals surface area contributed by atoms with Gasteiger partial charge >= 0.3 is 0 Å². The van der Waals surface area contributed by atoms with Crippen molar-refractivity contribution in [2.24, 2.45) is 0 Å². The van der Waals surface area contributed by atoms with Crippen LogP contribution in [0, 0.1) is 0 Å². The topological polar surface area (TPSA) is 42.5 Å². The Hall–Kier alpha value is -2.36. The zero-order valence-corrected chi connectivity index (χ0v) is 15.4. The Kier molecular flexibility index (Phi) is 8.53. The molecule has 0 radical (unpaired) electrons. The molecule has 2 N–H and O–H groups in total. The number of rotatable bonds is 12. The fourth-order valence-electron chi connectivity index (χ4n) is 2.55. The fraction of sp³-hybridized carbons (Fsp3) is 0.429. The largest absolute Gasteiger partial charge is 0.494 e. The van der Waals surface area contributed by atoms with Crippen LogP contribution in [0.15, 0.2) is 48.5 Å². The minimum atomic E-state index is 0.785. The first-order valence-corrected chi connectivity index (χ1v) is 9.13. The highest BCUT2D eigenvalue weighted by molar-refractivity contribution is 5.46. The standard InChI is InChI=1S/C21H30N2O2/c1-22-18-8-12-20(13-9-18)24-16-6-4-3-5-7-17-25-21-14-10-19(23-2)11-15-21/h8-15,22-23H,3-7,16-17H2,1-2H3. The van der Waals surface area contributed by atoms with Gasteiger partial charge in [-0.05, 0) is 61.4 Å². The number of hydrogen-bond donors (Lipinski definition) is 2. The van der Waals surface area contributed by atoms with Crippen molar-refractivity contribution < 1.29 is 9.47 Å². The Balaban J connectivity index is 1.45. The predicted octanol–water partition coefficient (Wildman–Crippen LogP) is 5.18. The smallest absolute Gasteiger partial charge is 0.119 e. The molecule has 0 atom stereocenters. The summed E-state index contributed by atoms with van der Waals surface area (Å²) in [5.41, 5.74) is 2.21. The van der Waals surface area contributed by atoms with Crippen molar-refractivity contribution in [2.45, 2.75) is 32.1 Å². The molecule has 0 bridgehead atoms. The van der Waals surface area contributed by atoms with Gasteiger partial charge in [-0.25, -0.2) is 0 Å². The molecule has 4 heteroatoms. The molecule has 25 heavy (non-hydrogen) atoms. The van der Waals surface area contributed by atoms with Gasteiger partial charge in [0.05, 0.1) is 13.2 Å². The SMILES string of the molecule is CNc1ccc(OCCCCCCCOc2ccc(NC)cc2)cc1. The van der Waals surface area contributed by atoms with Crippen molar-refractivity contribution in [3.63, 3.8) is 0 Å². The Labute approximate surface area is 151 Å². The van der Waals surface area contributed by atoms with Gasteiger partial charge in [0.1, 0.15) is 11.5 Å². The lowest BCUT2D eigenvalue weighted by atomic mass is 10.1. The van der Waals surface area contributed by atoms with Crippen LogP contribution in [0.3, 0.4) is 0 Å². The quantitative estimate of drug-likeness (QED) is 0.522. The number of unbranched alkanes of at least 4 members (excludes halogenated alkanes) is 4. The molecule has 2 aromatic carbocycles. The first-order valence-electron chi connectivity index (χ1n) is 9.13. The van der Waals surface area contributed by atoms with E-state index in [0.29, 0.717) is 0 Å². The highest BCUT2D eigenvalue weighted by Crippen LogP contribution is 2.17. The van der Waals surface area contributed by atoms with E-state index < -0.39 is 0 Å². The molecule has 0 aromatic heterocycles. The van der Waals surface area contributed by atoms with Gasteiger partial charge in [-0.2, -0.15) is 0 Å². The summed E-state index contributed by atoms with van der Waals surface area (Å²) in [5, 5.41) is 6.20. The molecule has 0 spiro atoms. The van der Waals surface area contributed by atoms with E-state index in [0.717, 1.165) is 48.9 Å². The predicted molar refractivity (Wildman–Crippen MR) is 106 cm³/mol. The molecule has 0 aliphatic rings. The highest BCUT2D eigenvalue weighted by Gasteiger charge is 1.97. The molecular weight excluding hydrogens is 312 g/mol. The minimum absolute atomic E-state index is 0.785. The van der Waals surface area contributed by atoms with Crippen molar-refractivity contribution in [3.05, 3.63) is 48.5 Å². The van der Waals surface area contributed by atoms with E-state index >= 15 is 0 Å². The maximum atomic E-state index is 5.75. The highest BCUT2D eigenvalue weighted by atomic mass is 16.5. The second-order valence-electron chi connectivity index (χ2n) is 6.01. The molecular formula is C21H30N2O2. The normalized spacial score (nSPS) is 10.3. The second kappa shape index (κ2) is 11.2. The third-order valence-corrected chi connectivity index (χ3v) is 4.11. The minimum Gasteiger partial charge on any atom is -0.494 e. The van der Waals surface area contributed by atoms with E-state index in [-0.39, 0.29) is 0 Å². The summed E-state index contributed by atoms with van der Waals surface area (Å²) in [6, 6.07) is 16.1. The lowest BCUT2D eigenvalue weighted by Crippen LogP contribution is -1.99. The van der Waals surface area contributed by atoms with E-state index in [4.69, 9.17) is 9.47 Å². The summed E-state index contributed by atoms with van der Waals surface area (Å²) in [7, 11) is 3.83. The number of ether oxygens (including phenoxy) is 2. The Morgan fingerprint density at radius 2 is 0.920 bits per heavy atom. The van der Waals surface area contributed by atoms with Gasteiger partial charge in [0.2, 0.25) is 0 Å². The van der Waals surface area contributed by atoms with Crippen molar-refractivity contribution in [2.75, 3.05) is 37.9 Å². The van der Waals surface area contributed by atoms with Crippen molar-refractivity contribution in [1.82, 2.24) is 0 Å². The Morgan fingerprint density at radius 1 is 0.560 bits per heavy atom. The lowest BCUT2D eigenvalue weighted by Gasteiger charge is -2.08.